The van der Waals surface area contributed by atoms with Gasteiger partial charge in [-0.15, -0.1) is 0 Å². The van der Waals surface area contributed by atoms with E-state index in [9.17, 15) is 0 Å². The van der Waals surface area contributed by atoms with Crippen LogP contribution >= 0.6 is 0 Å². The fourth-order valence-corrected chi connectivity index (χ4v) is 2.84. The molecule has 0 fully saturated rings. The number of fused-ring (bicyclic) bond motifs is 1. The van der Waals surface area contributed by atoms with Crippen molar-refractivity contribution in [3.05, 3.63) is 67.0 Å². The van der Waals surface area contributed by atoms with E-state index in [1.165, 1.54) is 5.56 Å². The van der Waals surface area contributed by atoms with Crippen LogP contribution < -0.4 is 4.90 Å². The van der Waals surface area contributed by atoms with Gasteiger partial charge in [-0.05, 0) is 36.2 Å². The summed E-state index contributed by atoms with van der Waals surface area (Å²) < 4.78 is 1.69. The molecule has 4 rings (SSSR count). The fourth-order valence-electron chi connectivity index (χ4n) is 2.84. The van der Waals surface area contributed by atoms with E-state index in [0.717, 1.165) is 28.8 Å². The first-order valence-electron chi connectivity index (χ1n) is 8.34. The van der Waals surface area contributed by atoms with Crippen LogP contribution in [0.15, 0.2) is 67.0 Å². The van der Waals surface area contributed by atoms with Gasteiger partial charge in [0.25, 0.3) is 5.95 Å². The summed E-state index contributed by atoms with van der Waals surface area (Å²) in [5.41, 5.74) is 3.26. The fraction of sp³-hybridized carbons (Fsp3) is 0.150. The highest BCUT2D eigenvalue weighted by atomic mass is 15.3. The molecule has 0 amide bonds. The van der Waals surface area contributed by atoms with Gasteiger partial charge in [0.15, 0.2) is 0 Å². The molecule has 5 nitrogen and oxygen atoms in total. The zero-order valence-corrected chi connectivity index (χ0v) is 14.3. The van der Waals surface area contributed by atoms with E-state index in [4.69, 9.17) is 9.97 Å². The van der Waals surface area contributed by atoms with Crippen LogP contribution in [-0.2, 0) is 0 Å². The maximum Gasteiger partial charge on any atom is 0.253 e. The van der Waals surface area contributed by atoms with Gasteiger partial charge in [-0.1, -0.05) is 36.4 Å². The number of hydrogen-bond acceptors (Lipinski definition) is 4. The van der Waals surface area contributed by atoms with E-state index >= 15 is 0 Å². The van der Waals surface area contributed by atoms with Crippen molar-refractivity contribution in [3.8, 4) is 17.1 Å². The second-order valence-corrected chi connectivity index (χ2v) is 5.91. The third kappa shape index (κ3) is 2.85. The molecule has 0 unspecified atom stereocenters. The van der Waals surface area contributed by atoms with Gasteiger partial charge in [-0.25, -0.2) is 9.67 Å². The number of nitrogens with zero attached hydrogens (tertiary/aromatic N) is 5. The Kier molecular flexibility index (Phi) is 3.90. The molecule has 5 heteroatoms. The smallest absolute Gasteiger partial charge is 0.253 e. The number of benzene rings is 2. The maximum absolute atomic E-state index is 4.76. The lowest BCUT2D eigenvalue weighted by Crippen LogP contribution is -2.19. The van der Waals surface area contributed by atoms with Crippen LogP contribution in [0.3, 0.4) is 0 Å². The molecule has 0 spiro atoms. The zero-order chi connectivity index (χ0) is 17.2. The first-order valence-corrected chi connectivity index (χ1v) is 8.34. The Balaban J connectivity index is 1.93. The Morgan fingerprint density at radius 3 is 2.52 bits per heavy atom. The van der Waals surface area contributed by atoms with Crippen LogP contribution in [0.25, 0.3) is 28.0 Å². The van der Waals surface area contributed by atoms with Gasteiger partial charge in [-0.2, -0.15) is 10.1 Å². The van der Waals surface area contributed by atoms with Gasteiger partial charge in [0, 0.05) is 31.4 Å². The number of anilines is 1. The van der Waals surface area contributed by atoms with Crippen molar-refractivity contribution in [1.29, 1.82) is 0 Å². The van der Waals surface area contributed by atoms with Crippen LogP contribution in [0.1, 0.15) is 6.92 Å². The van der Waals surface area contributed by atoms with Crippen LogP contribution in [0.5, 0.6) is 0 Å². The third-order valence-electron chi connectivity index (χ3n) is 4.32. The molecule has 0 saturated heterocycles. The van der Waals surface area contributed by atoms with Gasteiger partial charge in [0.1, 0.15) is 5.82 Å². The molecule has 2 aromatic carbocycles. The summed E-state index contributed by atoms with van der Waals surface area (Å²) in [6.45, 7) is 2.97. The molecule has 0 aliphatic rings. The molecule has 25 heavy (non-hydrogen) atoms. The van der Waals surface area contributed by atoms with Crippen molar-refractivity contribution in [2.45, 2.75) is 6.92 Å². The first-order chi connectivity index (χ1) is 12.3. The summed E-state index contributed by atoms with van der Waals surface area (Å²) in [5, 5.41) is 5.30. The van der Waals surface area contributed by atoms with Crippen LogP contribution in [-0.4, -0.2) is 33.3 Å². The highest BCUT2D eigenvalue weighted by Crippen LogP contribution is 2.29. The van der Waals surface area contributed by atoms with E-state index in [2.05, 4.69) is 59.4 Å². The maximum atomic E-state index is 4.76. The second kappa shape index (κ2) is 6.36. The Hall–Kier alpha value is -3.21. The summed E-state index contributed by atoms with van der Waals surface area (Å²) >= 11 is 0. The molecular weight excluding hydrogens is 310 g/mol. The number of hydrogen-bond donors (Lipinski definition) is 0. The summed E-state index contributed by atoms with van der Waals surface area (Å²) in [4.78, 5) is 11.6. The van der Waals surface area contributed by atoms with E-state index < -0.39 is 0 Å². The van der Waals surface area contributed by atoms with Crippen LogP contribution in [0.4, 0.5) is 5.82 Å². The number of aromatic nitrogens is 4. The Bertz CT molecular complexity index is 993. The minimum absolute atomic E-state index is 0.584. The normalized spacial score (nSPS) is 11.0. The van der Waals surface area contributed by atoms with E-state index in [0.29, 0.717) is 5.95 Å². The molecule has 0 atom stereocenters. The third-order valence-corrected chi connectivity index (χ3v) is 4.32. The minimum atomic E-state index is 0.584. The predicted octanol–water partition coefficient (Wildman–Crippen LogP) is 3.94. The zero-order valence-electron chi connectivity index (χ0n) is 14.3. The molecule has 0 saturated carbocycles. The van der Waals surface area contributed by atoms with Crippen LogP contribution in [0, 0.1) is 0 Å². The lowest BCUT2D eigenvalue weighted by atomic mass is 10.0. The lowest BCUT2D eigenvalue weighted by molar-refractivity contribution is 0.807. The molecule has 0 aliphatic heterocycles. The van der Waals surface area contributed by atoms with Crippen molar-refractivity contribution in [2.24, 2.45) is 0 Å². The molecular formula is C20H19N5. The molecule has 4 aromatic rings. The molecule has 0 bridgehead atoms. The van der Waals surface area contributed by atoms with Crippen molar-refractivity contribution < 1.29 is 0 Å². The lowest BCUT2D eigenvalue weighted by Gasteiger charge is -2.19. The van der Waals surface area contributed by atoms with Gasteiger partial charge >= 0.3 is 0 Å². The van der Waals surface area contributed by atoms with E-state index in [1.54, 1.807) is 10.9 Å². The minimum Gasteiger partial charge on any atom is -0.359 e. The first kappa shape index (κ1) is 15.3. The summed E-state index contributed by atoms with van der Waals surface area (Å²) in [6, 6.07) is 18.6. The quantitative estimate of drug-likeness (QED) is 0.569. The summed E-state index contributed by atoms with van der Waals surface area (Å²) in [5.74, 6) is 1.50. The standard InChI is InChI=1S/C20H19N5/c1-3-24(2)19-17-14-16(15-8-5-4-6-9-15)10-11-18(17)22-20(23-19)25-13-7-12-21-25/h4-14H,3H2,1-2H3. The topological polar surface area (TPSA) is 46.8 Å². The van der Waals surface area contributed by atoms with Gasteiger partial charge in [0.05, 0.1) is 5.52 Å². The molecule has 0 N–H and O–H groups in total. The molecule has 0 radical (unpaired) electrons. The number of rotatable bonds is 4. The van der Waals surface area contributed by atoms with Gasteiger partial charge < -0.3 is 4.90 Å². The predicted molar refractivity (Wildman–Crippen MR) is 101 cm³/mol. The molecule has 2 heterocycles. The largest absolute Gasteiger partial charge is 0.359 e. The van der Waals surface area contributed by atoms with Crippen molar-refractivity contribution in [3.63, 3.8) is 0 Å². The van der Waals surface area contributed by atoms with Crippen molar-refractivity contribution >= 4 is 16.7 Å². The SMILES string of the molecule is CCN(C)c1nc(-n2cccn2)nc2ccc(-c3ccccc3)cc12. The molecule has 0 aliphatic carbocycles. The second-order valence-electron chi connectivity index (χ2n) is 5.91. The van der Waals surface area contributed by atoms with Gasteiger partial charge in [0.2, 0.25) is 0 Å². The van der Waals surface area contributed by atoms with E-state index in [1.807, 2.05) is 25.4 Å². The Morgan fingerprint density at radius 2 is 1.80 bits per heavy atom. The summed E-state index contributed by atoms with van der Waals surface area (Å²) in [7, 11) is 2.05. The Labute approximate surface area is 146 Å². The van der Waals surface area contributed by atoms with Crippen molar-refractivity contribution in [1.82, 2.24) is 19.7 Å². The molecule has 2 aromatic heterocycles. The average molecular weight is 329 g/mol. The van der Waals surface area contributed by atoms with E-state index in [-0.39, 0.29) is 0 Å². The van der Waals surface area contributed by atoms with Gasteiger partial charge in [-0.3, -0.25) is 0 Å². The van der Waals surface area contributed by atoms with Crippen molar-refractivity contribution in [2.75, 3.05) is 18.5 Å². The average Bonchev–Trinajstić information content (AvgIpc) is 3.21. The molecule has 124 valence electrons. The highest BCUT2D eigenvalue weighted by Gasteiger charge is 2.13. The Morgan fingerprint density at radius 1 is 0.960 bits per heavy atom. The highest BCUT2D eigenvalue weighted by molar-refractivity contribution is 5.93. The van der Waals surface area contributed by atoms with Crippen LogP contribution in [0.2, 0.25) is 0 Å². The monoisotopic (exact) mass is 329 g/mol. The summed E-state index contributed by atoms with van der Waals surface area (Å²) in [6.07, 6.45) is 3.59.